The second-order valence-corrected chi connectivity index (χ2v) is 10.8. The van der Waals surface area contributed by atoms with Crippen molar-refractivity contribution < 1.29 is 18.0 Å². The van der Waals surface area contributed by atoms with E-state index in [1.165, 1.54) is 17.4 Å². The molecule has 2 aromatic rings. The van der Waals surface area contributed by atoms with Gasteiger partial charge in [0.2, 0.25) is 10.0 Å². The van der Waals surface area contributed by atoms with Crippen LogP contribution >= 0.6 is 11.3 Å². The third-order valence-corrected chi connectivity index (χ3v) is 8.62. The van der Waals surface area contributed by atoms with Gasteiger partial charge in [0.05, 0.1) is 9.77 Å². The van der Waals surface area contributed by atoms with Crippen molar-refractivity contribution in [3.8, 4) is 0 Å². The molecule has 0 saturated carbocycles. The van der Waals surface area contributed by atoms with Crippen LogP contribution in [-0.2, 0) is 10.0 Å². The van der Waals surface area contributed by atoms with Crippen molar-refractivity contribution in [2.75, 3.05) is 39.3 Å². The van der Waals surface area contributed by atoms with Crippen molar-refractivity contribution in [2.45, 2.75) is 30.6 Å². The van der Waals surface area contributed by atoms with Crippen LogP contribution in [0.2, 0.25) is 0 Å². The summed E-state index contributed by atoms with van der Waals surface area (Å²) in [6.45, 7) is 2.85. The van der Waals surface area contributed by atoms with Crippen molar-refractivity contribution in [3.05, 3.63) is 52.2 Å². The zero-order valence-electron chi connectivity index (χ0n) is 17.4. The first-order valence-corrected chi connectivity index (χ1v) is 13.0. The lowest BCUT2D eigenvalue weighted by atomic mass is 10.2. The zero-order chi connectivity index (χ0) is 21.8. The van der Waals surface area contributed by atoms with E-state index in [9.17, 15) is 18.0 Å². The van der Waals surface area contributed by atoms with E-state index < -0.39 is 10.0 Å². The van der Waals surface area contributed by atoms with Gasteiger partial charge in [0.1, 0.15) is 0 Å². The third-order valence-electron chi connectivity index (χ3n) is 5.87. The highest BCUT2D eigenvalue weighted by Gasteiger charge is 2.28. The van der Waals surface area contributed by atoms with Crippen LogP contribution in [0.3, 0.4) is 0 Å². The van der Waals surface area contributed by atoms with Crippen molar-refractivity contribution in [2.24, 2.45) is 0 Å². The fraction of sp³-hybridized carbons (Fsp3) is 0.455. The summed E-state index contributed by atoms with van der Waals surface area (Å²) in [6, 6.07) is 10.0. The average molecular weight is 462 g/mol. The van der Waals surface area contributed by atoms with Gasteiger partial charge in [-0.1, -0.05) is 25.0 Å². The Morgan fingerprint density at radius 1 is 0.774 bits per heavy atom. The fourth-order valence-electron chi connectivity index (χ4n) is 4.07. The lowest BCUT2D eigenvalue weighted by Gasteiger charge is -2.34. The van der Waals surface area contributed by atoms with Gasteiger partial charge in [-0.3, -0.25) is 9.59 Å². The maximum Gasteiger partial charge on any atom is 0.264 e. The SMILES string of the molecule is O=C(c1cccc(S(=O)(=O)N2CCCCCC2)c1)N1CCN(C(=O)c2cccs2)CC1. The third kappa shape index (κ3) is 4.83. The fourth-order valence-corrected chi connectivity index (χ4v) is 6.33. The molecular weight excluding hydrogens is 434 g/mol. The Morgan fingerprint density at radius 2 is 1.42 bits per heavy atom. The molecule has 2 aliphatic heterocycles. The van der Waals surface area contributed by atoms with Gasteiger partial charge in [0.15, 0.2) is 0 Å². The Bertz CT molecular complexity index is 1020. The highest BCUT2D eigenvalue weighted by molar-refractivity contribution is 7.89. The topological polar surface area (TPSA) is 78.0 Å². The number of benzene rings is 1. The van der Waals surface area contributed by atoms with E-state index >= 15 is 0 Å². The highest BCUT2D eigenvalue weighted by atomic mass is 32.2. The molecule has 2 aliphatic rings. The van der Waals surface area contributed by atoms with Crippen LogP contribution in [0.1, 0.15) is 45.7 Å². The first-order valence-electron chi connectivity index (χ1n) is 10.7. The first kappa shape index (κ1) is 22.0. The highest BCUT2D eigenvalue weighted by Crippen LogP contribution is 2.22. The number of carbonyl (C=O) groups excluding carboxylic acids is 2. The molecule has 2 saturated heterocycles. The Kier molecular flexibility index (Phi) is 6.74. The van der Waals surface area contributed by atoms with Crippen LogP contribution in [0.5, 0.6) is 0 Å². The Hall–Kier alpha value is -2.23. The van der Waals surface area contributed by atoms with Gasteiger partial charge in [-0.05, 0) is 42.5 Å². The first-order chi connectivity index (χ1) is 15.0. The summed E-state index contributed by atoms with van der Waals surface area (Å²) in [5.74, 6) is -0.205. The van der Waals surface area contributed by atoms with Crippen LogP contribution in [0.25, 0.3) is 0 Å². The largest absolute Gasteiger partial charge is 0.335 e. The molecule has 0 radical (unpaired) electrons. The number of piperazine rings is 1. The van der Waals surface area contributed by atoms with Crippen LogP contribution < -0.4 is 0 Å². The molecule has 0 atom stereocenters. The van der Waals surface area contributed by atoms with E-state index in [2.05, 4.69) is 0 Å². The van der Waals surface area contributed by atoms with E-state index in [1.807, 2.05) is 11.4 Å². The van der Waals surface area contributed by atoms with Gasteiger partial charge in [-0.25, -0.2) is 8.42 Å². The quantitative estimate of drug-likeness (QED) is 0.701. The van der Waals surface area contributed by atoms with E-state index in [1.54, 1.807) is 38.4 Å². The molecule has 7 nitrogen and oxygen atoms in total. The van der Waals surface area contributed by atoms with Crippen molar-refractivity contribution in [1.82, 2.24) is 14.1 Å². The van der Waals surface area contributed by atoms with Crippen molar-refractivity contribution >= 4 is 33.2 Å². The molecule has 0 aliphatic carbocycles. The van der Waals surface area contributed by atoms with E-state index in [4.69, 9.17) is 0 Å². The van der Waals surface area contributed by atoms with Crippen LogP contribution in [0.15, 0.2) is 46.7 Å². The Balaban J connectivity index is 1.43. The Labute approximate surface area is 187 Å². The second kappa shape index (κ2) is 9.50. The molecule has 4 rings (SSSR count). The normalized spacial score (nSPS) is 18.6. The number of rotatable bonds is 4. The number of thiophene rings is 1. The molecule has 166 valence electrons. The molecule has 0 spiro atoms. The van der Waals surface area contributed by atoms with Crippen molar-refractivity contribution in [3.63, 3.8) is 0 Å². The number of sulfonamides is 1. The summed E-state index contributed by atoms with van der Waals surface area (Å²) >= 11 is 1.41. The predicted molar refractivity (Wildman–Crippen MR) is 120 cm³/mol. The monoisotopic (exact) mass is 461 g/mol. The van der Waals surface area contributed by atoms with Gasteiger partial charge in [0, 0.05) is 44.8 Å². The summed E-state index contributed by atoms with van der Waals surface area (Å²) in [4.78, 5) is 29.9. The minimum atomic E-state index is -3.61. The molecule has 0 N–H and O–H groups in total. The standard InChI is InChI=1S/C22H27N3O4S2/c26-21(23-12-14-24(15-13-23)22(27)20-9-6-16-30-20)18-7-5-8-19(17-18)31(28,29)25-10-3-1-2-4-11-25/h5-9,16-17H,1-4,10-15H2. The molecule has 0 unspecified atom stereocenters. The number of hydrogen-bond donors (Lipinski definition) is 0. The maximum atomic E-state index is 13.1. The minimum Gasteiger partial charge on any atom is -0.335 e. The van der Waals surface area contributed by atoms with Gasteiger partial charge in [-0.15, -0.1) is 11.3 Å². The predicted octanol–water partition coefficient (Wildman–Crippen LogP) is 2.91. The van der Waals surface area contributed by atoms with E-state index in [-0.39, 0.29) is 16.7 Å². The summed E-state index contributed by atoms with van der Waals surface area (Å²) in [5, 5.41) is 1.87. The minimum absolute atomic E-state index is 0.00682. The molecule has 3 heterocycles. The summed E-state index contributed by atoms with van der Waals surface area (Å²) in [6.07, 6.45) is 3.83. The molecule has 9 heteroatoms. The van der Waals surface area contributed by atoms with E-state index in [0.717, 1.165) is 25.7 Å². The molecule has 2 fully saturated rings. The lowest BCUT2D eigenvalue weighted by Crippen LogP contribution is -2.50. The molecule has 1 aromatic carbocycles. The zero-order valence-corrected chi connectivity index (χ0v) is 19.0. The van der Waals surface area contributed by atoms with Crippen LogP contribution in [0, 0.1) is 0 Å². The molecule has 1 aromatic heterocycles. The van der Waals surface area contributed by atoms with Gasteiger partial charge < -0.3 is 9.80 Å². The number of carbonyl (C=O) groups is 2. The van der Waals surface area contributed by atoms with E-state index in [0.29, 0.717) is 49.7 Å². The smallest absolute Gasteiger partial charge is 0.264 e. The molecule has 0 bridgehead atoms. The summed E-state index contributed by atoms with van der Waals surface area (Å²) in [7, 11) is -3.61. The Morgan fingerprint density at radius 3 is 2.03 bits per heavy atom. The maximum absolute atomic E-state index is 13.1. The number of nitrogens with zero attached hydrogens (tertiary/aromatic N) is 3. The number of hydrogen-bond acceptors (Lipinski definition) is 5. The second-order valence-electron chi connectivity index (χ2n) is 7.91. The van der Waals surface area contributed by atoms with Gasteiger partial charge in [0.25, 0.3) is 11.8 Å². The van der Waals surface area contributed by atoms with Gasteiger partial charge >= 0.3 is 0 Å². The molecular formula is C22H27N3O4S2. The van der Waals surface area contributed by atoms with Crippen LogP contribution in [-0.4, -0.2) is 73.6 Å². The lowest BCUT2D eigenvalue weighted by molar-refractivity contribution is 0.0538. The van der Waals surface area contributed by atoms with Crippen LogP contribution in [0.4, 0.5) is 0 Å². The number of amides is 2. The van der Waals surface area contributed by atoms with Gasteiger partial charge in [-0.2, -0.15) is 4.31 Å². The average Bonchev–Trinajstić information content (AvgIpc) is 3.20. The summed E-state index contributed by atoms with van der Waals surface area (Å²) in [5.41, 5.74) is 0.369. The summed E-state index contributed by atoms with van der Waals surface area (Å²) < 4.78 is 27.7. The molecule has 2 amide bonds. The van der Waals surface area contributed by atoms with Crippen molar-refractivity contribution in [1.29, 1.82) is 0 Å². The molecule has 31 heavy (non-hydrogen) atoms.